The Labute approximate surface area is 86.4 Å². The molecule has 2 heterocycles. The number of carbonyl (C=O) groups is 1. The first-order valence-corrected chi connectivity index (χ1v) is 4.60. The van der Waals surface area contributed by atoms with E-state index in [0.717, 1.165) is 11.3 Å². The molecule has 1 N–H and O–H groups in total. The van der Waals surface area contributed by atoms with Crippen molar-refractivity contribution in [3.63, 3.8) is 0 Å². The molecule has 5 heteroatoms. The summed E-state index contributed by atoms with van der Waals surface area (Å²) in [5.74, 6) is -0.331. The van der Waals surface area contributed by atoms with Crippen LogP contribution in [0.3, 0.4) is 0 Å². The van der Waals surface area contributed by atoms with Gasteiger partial charge in [-0.15, -0.1) is 0 Å². The van der Waals surface area contributed by atoms with Crippen LogP contribution in [0.5, 0.6) is 0 Å². The lowest BCUT2D eigenvalue weighted by Gasteiger charge is -2.00. The van der Waals surface area contributed by atoms with Crippen LogP contribution >= 0.6 is 0 Å². The van der Waals surface area contributed by atoms with Crippen molar-refractivity contribution in [1.29, 1.82) is 0 Å². The second kappa shape index (κ2) is 3.34. The fourth-order valence-corrected chi connectivity index (χ4v) is 1.43. The molecule has 5 nitrogen and oxygen atoms in total. The molecule has 0 spiro atoms. The van der Waals surface area contributed by atoms with Gasteiger partial charge in [-0.05, 0) is 19.4 Å². The summed E-state index contributed by atoms with van der Waals surface area (Å²) in [5.41, 5.74) is 2.62. The van der Waals surface area contributed by atoms with Crippen LogP contribution in [0.25, 0.3) is 5.78 Å². The highest BCUT2D eigenvalue weighted by molar-refractivity contribution is 5.69. The highest BCUT2D eigenvalue weighted by atomic mass is 16.4. The first-order chi connectivity index (χ1) is 7.08. The number of carboxylic acid groups (broad SMARTS) is 1. The molecule has 78 valence electrons. The Morgan fingerprint density at radius 2 is 2.27 bits per heavy atom. The molecule has 0 aliphatic heterocycles. The number of aliphatic carboxylic acids is 1. The summed E-state index contributed by atoms with van der Waals surface area (Å²) in [4.78, 5) is 18.8. The molecule has 0 fully saturated rings. The van der Waals surface area contributed by atoms with Gasteiger partial charge in [0.25, 0.3) is 0 Å². The van der Waals surface area contributed by atoms with Crippen LogP contribution in [-0.4, -0.2) is 25.4 Å². The molecular weight excluding hydrogens is 194 g/mol. The highest BCUT2D eigenvalue weighted by Gasteiger charge is 2.08. The van der Waals surface area contributed by atoms with E-state index in [1.54, 1.807) is 12.4 Å². The van der Waals surface area contributed by atoms with Crippen LogP contribution in [-0.2, 0) is 11.2 Å². The van der Waals surface area contributed by atoms with E-state index in [2.05, 4.69) is 9.97 Å². The number of hydrogen-bond donors (Lipinski definition) is 1. The van der Waals surface area contributed by atoms with E-state index >= 15 is 0 Å². The standard InChI is InChI=1S/C10H11N3O2/c1-6-4-11-10-12-8(3-9(14)15)5-13(10)7(6)2/h4-5H,3H2,1-2H3,(H,14,15). The van der Waals surface area contributed by atoms with Crippen LogP contribution in [0.4, 0.5) is 0 Å². The smallest absolute Gasteiger partial charge is 0.309 e. The van der Waals surface area contributed by atoms with E-state index < -0.39 is 5.97 Å². The van der Waals surface area contributed by atoms with Crippen molar-refractivity contribution in [1.82, 2.24) is 14.4 Å². The van der Waals surface area contributed by atoms with E-state index in [1.807, 2.05) is 18.2 Å². The van der Waals surface area contributed by atoms with Crippen molar-refractivity contribution in [2.24, 2.45) is 0 Å². The molecule has 2 rings (SSSR count). The zero-order chi connectivity index (χ0) is 11.0. The molecule has 0 bridgehead atoms. The van der Waals surface area contributed by atoms with Crippen molar-refractivity contribution < 1.29 is 9.90 Å². The van der Waals surface area contributed by atoms with Gasteiger partial charge in [-0.3, -0.25) is 9.20 Å². The fraction of sp³-hybridized carbons (Fsp3) is 0.300. The molecule has 0 saturated carbocycles. The normalized spacial score (nSPS) is 10.8. The number of aryl methyl sites for hydroxylation is 2. The van der Waals surface area contributed by atoms with Gasteiger partial charge in [-0.2, -0.15) is 0 Å². The van der Waals surface area contributed by atoms with Crippen LogP contribution in [0.1, 0.15) is 17.0 Å². The predicted octanol–water partition coefficient (Wildman–Crippen LogP) is 0.973. The van der Waals surface area contributed by atoms with Gasteiger partial charge < -0.3 is 5.11 Å². The number of aromatic nitrogens is 3. The third-order valence-corrected chi connectivity index (χ3v) is 2.38. The topological polar surface area (TPSA) is 67.5 Å². The second-order valence-corrected chi connectivity index (χ2v) is 3.50. The average molecular weight is 205 g/mol. The molecule has 0 atom stereocenters. The van der Waals surface area contributed by atoms with Crippen LogP contribution in [0, 0.1) is 13.8 Å². The zero-order valence-electron chi connectivity index (χ0n) is 8.56. The minimum atomic E-state index is -0.882. The van der Waals surface area contributed by atoms with Gasteiger partial charge in [-0.1, -0.05) is 0 Å². The number of rotatable bonds is 2. The molecule has 0 unspecified atom stereocenters. The third-order valence-electron chi connectivity index (χ3n) is 2.38. The van der Waals surface area contributed by atoms with E-state index in [-0.39, 0.29) is 6.42 Å². The summed E-state index contributed by atoms with van der Waals surface area (Å²) in [6.07, 6.45) is 3.39. The largest absolute Gasteiger partial charge is 0.481 e. The first-order valence-electron chi connectivity index (χ1n) is 4.60. The maximum Gasteiger partial charge on any atom is 0.309 e. The minimum Gasteiger partial charge on any atom is -0.481 e. The Bertz CT molecular complexity index is 531. The Kier molecular flexibility index (Phi) is 2.15. The minimum absolute atomic E-state index is 0.0676. The van der Waals surface area contributed by atoms with Gasteiger partial charge >= 0.3 is 5.97 Å². The predicted molar refractivity (Wildman–Crippen MR) is 53.8 cm³/mol. The van der Waals surface area contributed by atoms with Crippen molar-refractivity contribution in [2.75, 3.05) is 0 Å². The Morgan fingerprint density at radius 1 is 1.53 bits per heavy atom. The van der Waals surface area contributed by atoms with Gasteiger partial charge in [0.15, 0.2) is 0 Å². The summed E-state index contributed by atoms with van der Waals surface area (Å²) in [7, 11) is 0. The van der Waals surface area contributed by atoms with Crippen molar-refractivity contribution in [3.8, 4) is 0 Å². The lowest BCUT2D eigenvalue weighted by atomic mass is 10.3. The van der Waals surface area contributed by atoms with Gasteiger partial charge in [-0.25, -0.2) is 9.97 Å². The van der Waals surface area contributed by atoms with E-state index in [1.165, 1.54) is 0 Å². The fourth-order valence-electron chi connectivity index (χ4n) is 1.43. The lowest BCUT2D eigenvalue weighted by molar-refractivity contribution is -0.136. The molecule has 2 aromatic rings. The molecule has 0 saturated heterocycles. The van der Waals surface area contributed by atoms with Gasteiger partial charge in [0, 0.05) is 18.1 Å². The quantitative estimate of drug-likeness (QED) is 0.793. The number of carboxylic acids is 1. The second-order valence-electron chi connectivity index (χ2n) is 3.50. The van der Waals surface area contributed by atoms with E-state index in [9.17, 15) is 4.79 Å². The maximum atomic E-state index is 10.5. The summed E-state index contributed by atoms with van der Waals surface area (Å²) in [6.45, 7) is 3.91. The van der Waals surface area contributed by atoms with Gasteiger partial charge in [0.1, 0.15) is 0 Å². The average Bonchev–Trinajstić information content (AvgIpc) is 2.54. The Balaban J connectivity index is 2.56. The van der Waals surface area contributed by atoms with Crippen molar-refractivity contribution >= 4 is 11.7 Å². The molecule has 0 radical (unpaired) electrons. The molecule has 0 amide bonds. The molecule has 0 aromatic carbocycles. The van der Waals surface area contributed by atoms with Crippen molar-refractivity contribution in [3.05, 3.63) is 29.3 Å². The van der Waals surface area contributed by atoms with E-state index in [0.29, 0.717) is 11.5 Å². The van der Waals surface area contributed by atoms with Crippen molar-refractivity contribution in [2.45, 2.75) is 20.3 Å². The summed E-state index contributed by atoms with van der Waals surface area (Å²) < 4.78 is 1.81. The molecule has 0 aliphatic carbocycles. The third kappa shape index (κ3) is 1.68. The van der Waals surface area contributed by atoms with Crippen LogP contribution in [0.15, 0.2) is 12.4 Å². The molecule has 15 heavy (non-hydrogen) atoms. The lowest BCUT2D eigenvalue weighted by Crippen LogP contribution is -1.99. The van der Waals surface area contributed by atoms with Gasteiger partial charge in [0.05, 0.1) is 12.1 Å². The van der Waals surface area contributed by atoms with E-state index in [4.69, 9.17) is 5.11 Å². The SMILES string of the molecule is Cc1cnc2nc(CC(=O)O)cn2c1C. The summed E-state index contributed by atoms with van der Waals surface area (Å²) >= 11 is 0. The number of hydrogen-bond acceptors (Lipinski definition) is 3. The van der Waals surface area contributed by atoms with Crippen LogP contribution < -0.4 is 0 Å². The van der Waals surface area contributed by atoms with Crippen LogP contribution in [0.2, 0.25) is 0 Å². The Morgan fingerprint density at radius 3 is 2.93 bits per heavy atom. The summed E-state index contributed by atoms with van der Waals surface area (Å²) in [6, 6.07) is 0. The Hall–Kier alpha value is -1.91. The number of imidazole rings is 1. The molecule has 2 aromatic heterocycles. The molecular formula is C10H11N3O2. The monoisotopic (exact) mass is 205 g/mol. The maximum absolute atomic E-state index is 10.5. The molecule has 0 aliphatic rings. The highest BCUT2D eigenvalue weighted by Crippen LogP contribution is 2.10. The number of nitrogens with zero attached hydrogens (tertiary/aromatic N) is 3. The van der Waals surface area contributed by atoms with Gasteiger partial charge in [0.2, 0.25) is 5.78 Å². The number of fused-ring (bicyclic) bond motifs is 1. The first kappa shape index (κ1) is 9.64. The summed E-state index contributed by atoms with van der Waals surface area (Å²) in [5, 5.41) is 8.65. The zero-order valence-corrected chi connectivity index (χ0v) is 8.56.